The Morgan fingerprint density at radius 1 is 1.38 bits per heavy atom. The number of amides is 1. The normalized spacial score (nSPS) is 11.1. The standard InChI is InChI=1S/C10H14N2O3S/c1-16(14,15)9-5-3-2-4-8(9)12-7-6-10(11)13/h2-5,12H,6-7H2,1H3,(H2,11,13). The maximum atomic E-state index is 11.4. The summed E-state index contributed by atoms with van der Waals surface area (Å²) in [6.07, 6.45) is 1.31. The Morgan fingerprint density at radius 3 is 2.56 bits per heavy atom. The second-order valence-corrected chi connectivity index (χ2v) is 5.40. The SMILES string of the molecule is CS(=O)(=O)c1ccccc1NCCC(N)=O. The zero-order chi connectivity index (χ0) is 12.2. The minimum Gasteiger partial charge on any atom is -0.383 e. The number of nitrogens with two attached hydrogens (primary N) is 1. The van der Waals surface area contributed by atoms with Crippen LogP contribution < -0.4 is 11.1 Å². The smallest absolute Gasteiger partial charge is 0.219 e. The summed E-state index contributed by atoms with van der Waals surface area (Å²) in [4.78, 5) is 10.8. The molecule has 88 valence electrons. The van der Waals surface area contributed by atoms with Crippen LogP contribution in [-0.2, 0) is 14.6 Å². The first-order valence-electron chi connectivity index (χ1n) is 4.72. The molecule has 0 aromatic heterocycles. The van der Waals surface area contributed by atoms with Crippen molar-refractivity contribution in [1.82, 2.24) is 0 Å². The molecule has 0 heterocycles. The molecule has 0 bridgehead atoms. The maximum absolute atomic E-state index is 11.4. The fourth-order valence-corrected chi connectivity index (χ4v) is 2.12. The molecule has 0 aliphatic heterocycles. The van der Waals surface area contributed by atoms with E-state index in [0.29, 0.717) is 12.2 Å². The fraction of sp³-hybridized carbons (Fsp3) is 0.300. The van der Waals surface area contributed by atoms with Crippen molar-refractivity contribution in [2.24, 2.45) is 5.73 Å². The summed E-state index contributed by atoms with van der Waals surface area (Å²) >= 11 is 0. The van der Waals surface area contributed by atoms with Crippen LogP contribution >= 0.6 is 0 Å². The van der Waals surface area contributed by atoms with Gasteiger partial charge in [0.2, 0.25) is 5.91 Å². The number of hydrogen-bond acceptors (Lipinski definition) is 4. The van der Waals surface area contributed by atoms with Gasteiger partial charge in [-0.3, -0.25) is 4.79 Å². The van der Waals surface area contributed by atoms with Crippen LogP contribution in [-0.4, -0.2) is 27.1 Å². The third-order valence-electron chi connectivity index (χ3n) is 1.97. The van der Waals surface area contributed by atoms with Gasteiger partial charge in [-0.2, -0.15) is 0 Å². The molecule has 0 unspecified atom stereocenters. The molecule has 5 nitrogen and oxygen atoms in total. The van der Waals surface area contributed by atoms with Crippen LogP contribution in [0, 0.1) is 0 Å². The molecule has 0 saturated heterocycles. The molecule has 0 radical (unpaired) electrons. The van der Waals surface area contributed by atoms with E-state index in [1.54, 1.807) is 18.2 Å². The molecular formula is C10H14N2O3S. The van der Waals surface area contributed by atoms with Crippen molar-refractivity contribution in [3.63, 3.8) is 0 Å². The average Bonchev–Trinajstić information content (AvgIpc) is 2.16. The van der Waals surface area contributed by atoms with Crippen LogP contribution in [0.1, 0.15) is 6.42 Å². The Labute approximate surface area is 94.6 Å². The number of carbonyl (C=O) groups excluding carboxylic acids is 1. The summed E-state index contributed by atoms with van der Waals surface area (Å²) < 4.78 is 22.8. The number of primary amides is 1. The predicted molar refractivity (Wildman–Crippen MR) is 61.9 cm³/mol. The topological polar surface area (TPSA) is 89.3 Å². The summed E-state index contributed by atoms with van der Waals surface area (Å²) in [7, 11) is -3.26. The highest BCUT2D eigenvalue weighted by Crippen LogP contribution is 2.20. The minimum atomic E-state index is -3.26. The summed E-state index contributed by atoms with van der Waals surface area (Å²) in [5, 5.41) is 2.87. The van der Waals surface area contributed by atoms with Crippen molar-refractivity contribution < 1.29 is 13.2 Å². The first-order valence-corrected chi connectivity index (χ1v) is 6.61. The van der Waals surface area contributed by atoms with E-state index in [9.17, 15) is 13.2 Å². The van der Waals surface area contributed by atoms with Gasteiger partial charge in [-0.25, -0.2) is 8.42 Å². The van der Waals surface area contributed by atoms with E-state index in [1.807, 2.05) is 0 Å². The molecule has 0 aliphatic carbocycles. The Balaban J connectivity index is 2.84. The monoisotopic (exact) mass is 242 g/mol. The lowest BCUT2D eigenvalue weighted by Gasteiger charge is -2.09. The van der Waals surface area contributed by atoms with Crippen molar-refractivity contribution in [2.45, 2.75) is 11.3 Å². The summed E-state index contributed by atoms with van der Waals surface area (Å²) in [5.41, 5.74) is 5.48. The molecule has 0 atom stereocenters. The molecule has 1 aromatic rings. The number of hydrogen-bond donors (Lipinski definition) is 2. The largest absolute Gasteiger partial charge is 0.383 e. The van der Waals surface area contributed by atoms with Crippen LogP contribution in [0.5, 0.6) is 0 Å². The van der Waals surface area contributed by atoms with Gasteiger partial charge in [-0.05, 0) is 12.1 Å². The van der Waals surface area contributed by atoms with Gasteiger partial charge in [-0.1, -0.05) is 12.1 Å². The Kier molecular flexibility index (Phi) is 3.89. The van der Waals surface area contributed by atoms with Crippen molar-refractivity contribution in [2.75, 3.05) is 18.1 Å². The molecule has 0 aliphatic rings. The number of sulfone groups is 1. The minimum absolute atomic E-state index is 0.165. The summed E-state index contributed by atoms with van der Waals surface area (Å²) in [6.45, 7) is 0.321. The van der Waals surface area contributed by atoms with E-state index in [1.165, 1.54) is 6.07 Å². The summed E-state index contributed by atoms with van der Waals surface area (Å²) in [6, 6.07) is 6.54. The van der Waals surface area contributed by atoms with Gasteiger partial charge in [0.05, 0.1) is 10.6 Å². The fourth-order valence-electron chi connectivity index (χ4n) is 1.26. The molecule has 16 heavy (non-hydrogen) atoms. The molecule has 3 N–H and O–H groups in total. The van der Waals surface area contributed by atoms with Crippen LogP contribution in [0.3, 0.4) is 0 Å². The van der Waals surface area contributed by atoms with Crippen molar-refractivity contribution in [1.29, 1.82) is 0 Å². The summed E-state index contributed by atoms with van der Waals surface area (Å²) in [5.74, 6) is -0.427. The molecule has 0 spiro atoms. The lowest BCUT2D eigenvalue weighted by atomic mass is 10.3. The quantitative estimate of drug-likeness (QED) is 0.781. The third-order valence-corrected chi connectivity index (χ3v) is 3.13. The second-order valence-electron chi connectivity index (χ2n) is 3.41. The predicted octanol–water partition coefficient (Wildman–Crippen LogP) is 0.377. The van der Waals surface area contributed by atoms with Gasteiger partial charge in [0, 0.05) is 19.2 Å². The van der Waals surface area contributed by atoms with E-state index < -0.39 is 15.7 Å². The average molecular weight is 242 g/mol. The lowest BCUT2D eigenvalue weighted by Crippen LogP contribution is -2.16. The molecular weight excluding hydrogens is 228 g/mol. The van der Waals surface area contributed by atoms with E-state index in [4.69, 9.17) is 5.73 Å². The maximum Gasteiger partial charge on any atom is 0.219 e. The van der Waals surface area contributed by atoms with Crippen molar-refractivity contribution >= 4 is 21.4 Å². The third kappa shape index (κ3) is 3.54. The Morgan fingerprint density at radius 2 is 2.00 bits per heavy atom. The number of benzene rings is 1. The number of para-hydroxylation sites is 1. The first-order chi connectivity index (χ1) is 7.41. The van der Waals surface area contributed by atoms with Gasteiger partial charge < -0.3 is 11.1 Å². The van der Waals surface area contributed by atoms with E-state index >= 15 is 0 Å². The van der Waals surface area contributed by atoms with Gasteiger partial charge in [0.1, 0.15) is 0 Å². The molecule has 0 saturated carbocycles. The van der Waals surface area contributed by atoms with Crippen LogP contribution in [0.2, 0.25) is 0 Å². The highest BCUT2D eigenvalue weighted by molar-refractivity contribution is 7.90. The van der Waals surface area contributed by atoms with E-state index in [0.717, 1.165) is 6.26 Å². The van der Waals surface area contributed by atoms with Gasteiger partial charge >= 0.3 is 0 Å². The Bertz CT molecular complexity index is 483. The van der Waals surface area contributed by atoms with Gasteiger partial charge in [-0.15, -0.1) is 0 Å². The van der Waals surface area contributed by atoms with Gasteiger partial charge in [0.15, 0.2) is 9.84 Å². The van der Waals surface area contributed by atoms with Crippen LogP contribution in [0.15, 0.2) is 29.2 Å². The number of carbonyl (C=O) groups is 1. The molecule has 6 heteroatoms. The number of rotatable bonds is 5. The van der Waals surface area contributed by atoms with Crippen LogP contribution in [0.25, 0.3) is 0 Å². The Hall–Kier alpha value is -1.56. The highest BCUT2D eigenvalue weighted by Gasteiger charge is 2.11. The molecule has 1 amide bonds. The molecule has 1 rings (SSSR count). The molecule has 1 aromatic carbocycles. The highest BCUT2D eigenvalue weighted by atomic mass is 32.2. The van der Waals surface area contributed by atoms with Crippen molar-refractivity contribution in [3.05, 3.63) is 24.3 Å². The van der Waals surface area contributed by atoms with Crippen LogP contribution in [0.4, 0.5) is 5.69 Å². The van der Waals surface area contributed by atoms with Crippen molar-refractivity contribution in [3.8, 4) is 0 Å². The number of nitrogens with one attached hydrogen (secondary N) is 1. The van der Waals surface area contributed by atoms with Gasteiger partial charge in [0.25, 0.3) is 0 Å². The van der Waals surface area contributed by atoms with E-state index in [-0.39, 0.29) is 11.3 Å². The zero-order valence-electron chi connectivity index (χ0n) is 8.93. The van der Waals surface area contributed by atoms with E-state index in [2.05, 4.69) is 5.32 Å². The first kappa shape index (κ1) is 12.5. The number of anilines is 1. The molecule has 0 fully saturated rings. The second kappa shape index (κ2) is 4.98. The zero-order valence-corrected chi connectivity index (χ0v) is 9.75. The lowest BCUT2D eigenvalue weighted by molar-refractivity contribution is -0.117.